The van der Waals surface area contributed by atoms with Crippen LogP contribution < -0.4 is 5.32 Å². The Morgan fingerprint density at radius 2 is 2.11 bits per heavy atom. The van der Waals surface area contributed by atoms with E-state index < -0.39 is 0 Å². The number of carbonyl (C=O) groups excluding carboxylic acids is 1. The molecule has 2 heterocycles. The molecule has 3 rings (SSSR count). The molecule has 2 atom stereocenters. The fourth-order valence-corrected chi connectivity index (χ4v) is 3.17. The van der Waals surface area contributed by atoms with Crippen LogP contribution in [0.3, 0.4) is 0 Å². The monoisotopic (exact) mass is 260 g/mol. The largest absolute Gasteiger partial charge is 0.445 e. The molecule has 1 amide bonds. The van der Waals surface area contributed by atoms with E-state index in [4.69, 9.17) is 4.74 Å². The molecular formula is C15H20N2O2. The standard InChI is InChI=1S/C15H20N2O2/c18-15(19-11-12-5-2-1-3-6-12)16-13-8-10-17-9-4-7-14(13)17/h1-3,5-6,13-14H,4,7-11H2,(H,16,18)/t13-,14+/m1/s1. The molecule has 2 fully saturated rings. The zero-order valence-corrected chi connectivity index (χ0v) is 11.0. The number of alkyl carbamates (subject to hydrolysis) is 1. The second-order valence-corrected chi connectivity index (χ2v) is 5.35. The molecule has 0 saturated carbocycles. The lowest BCUT2D eigenvalue weighted by Gasteiger charge is -2.20. The summed E-state index contributed by atoms with van der Waals surface area (Å²) in [5.74, 6) is 0. The van der Waals surface area contributed by atoms with Gasteiger partial charge in [-0.3, -0.25) is 4.90 Å². The first-order chi connectivity index (χ1) is 9.33. The van der Waals surface area contributed by atoms with E-state index >= 15 is 0 Å². The van der Waals surface area contributed by atoms with Crippen molar-refractivity contribution >= 4 is 6.09 Å². The predicted octanol–water partition coefficient (Wildman–Crippen LogP) is 2.15. The number of nitrogens with one attached hydrogen (secondary N) is 1. The Bertz CT molecular complexity index is 435. The number of fused-ring (bicyclic) bond motifs is 1. The van der Waals surface area contributed by atoms with Gasteiger partial charge in [-0.2, -0.15) is 0 Å². The number of hydrogen-bond donors (Lipinski definition) is 1. The molecule has 4 heteroatoms. The van der Waals surface area contributed by atoms with E-state index in [1.165, 1.54) is 19.4 Å². The summed E-state index contributed by atoms with van der Waals surface area (Å²) in [6.07, 6.45) is 3.21. The van der Waals surface area contributed by atoms with Gasteiger partial charge in [-0.05, 0) is 31.4 Å². The van der Waals surface area contributed by atoms with Gasteiger partial charge in [-0.25, -0.2) is 4.79 Å². The number of carbonyl (C=O) groups is 1. The second-order valence-electron chi connectivity index (χ2n) is 5.35. The summed E-state index contributed by atoms with van der Waals surface area (Å²) in [4.78, 5) is 14.3. The van der Waals surface area contributed by atoms with E-state index in [2.05, 4.69) is 10.2 Å². The van der Waals surface area contributed by atoms with Crippen molar-refractivity contribution in [3.63, 3.8) is 0 Å². The van der Waals surface area contributed by atoms with Gasteiger partial charge < -0.3 is 10.1 Å². The fraction of sp³-hybridized carbons (Fsp3) is 0.533. The van der Waals surface area contributed by atoms with E-state index in [0.29, 0.717) is 12.6 Å². The molecule has 0 bridgehead atoms. The lowest BCUT2D eigenvalue weighted by molar-refractivity contribution is 0.133. The highest BCUT2D eigenvalue weighted by Gasteiger charge is 2.37. The number of rotatable bonds is 3. The zero-order chi connectivity index (χ0) is 13.1. The average molecular weight is 260 g/mol. The molecule has 0 radical (unpaired) electrons. The molecule has 0 spiro atoms. The lowest BCUT2D eigenvalue weighted by atomic mass is 10.1. The van der Waals surface area contributed by atoms with Crippen molar-refractivity contribution in [2.75, 3.05) is 13.1 Å². The first-order valence-electron chi connectivity index (χ1n) is 7.04. The molecule has 1 aromatic rings. The summed E-state index contributed by atoms with van der Waals surface area (Å²) in [6.45, 7) is 2.63. The number of nitrogens with zero attached hydrogens (tertiary/aromatic N) is 1. The summed E-state index contributed by atoms with van der Waals surface area (Å²) in [5.41, 5.74) is 1.02. The van der Waals surface area contributed by atoms with Crippen LogP contribution in [0.1, 0.15) is 24.8 Å². The summed E-state index contributed by atoms with van der Waals surface area (Å²) in [7, 11) is 0. The van der Waals surface area contributed by atoms with Crippen LogP contribution in [-0.2, 0) is 11.3 Å². The van der Waals surface area contributed by atoms with Crippen LogP contribution in [0.4, 0.5) is 4.79 Å². The van der Waals surface area contributed by atoms with Gasteiger partial charge in [0.15, 0.2) is 0 Å². The molecule has 19 heavy (non-hydrogen) atoms. The minimum absolute atomic E-state index is 0.269. The third kappa shape index (κ3) is 2.89. The highest BCUT2D eigenvalue weighted by Crippen LogP contribution is 2.27. The van der Waals surface area contributed by atoms with Gasteiger partial charge in [0.05, 0.1) is 0 Å². The lowest BCUT2D eigenvalue weighted by Crippen LogP contribution is -2.42. The fourth-order valence-electron chi connectivity index (χ4n) is 3.17. The van der Waals surface area contributed by atoms with Crippen molar-refractivity contribution in [1.29, 1.82) is 0 Å². The molecule has 0 aromatic heterocycles. The topological polar surface area (TPSA) is 41.6 Å². The quantitative estimate of drug-likeness (QED) is 0.905. The SMILES string of the molecule is O=C(N[C@@H]1CCN2CCC[C@@H]12)OCc1ccccc1. The Morgan fingerprint density at radius 1 is 1.26 bits per heavy atom. The molecule has 0 aliphatic carbocycles. The zero-order valence-electron chi connectivity index (χ0n) is 11.0. The van der Waals surface area contributed by atoms with Crippen LogP contribution in [0.5, 0.6) is 0 Å². The molecular weight excluding hydrogens is 240 g/mol. The molecule has 102 valence electrons. The van der Waals surface area contributed by atoms with E-state index in [1.54, 1.807) is 0 Å². The Morgan fingerprint density at radius 3 is 2.95 bits per heavy atom. The minimum Gasteiger partial charge on any atom is -0.445 e. The molecule has 2 saturated heterocycles. The molecule has 2 aliphatic heterocycles. The summed E-state index contributed by atoms with van der Waals surface area (Å²) < 4.78 is 5.27. The third-order valence-electron chi connectivity index (χ3n) is 4.12. The maximum atomic E-state index is 11.8. The van der Waals surface area contributed by atoms with Crippen LogP contribution in [0, 0.1) is 0 Å². The van der Waals surface area contributed by atoms with Gasteiger partial charge in [0.2, 0.25) is 0 Å². The molecule has 4 nitrogen and oxygen atoms in total. The average Bonchev–Trinajstić information content (AvgIpc) is 3.03. The van der Waals surface area contributed by atoms with E-state index in [0.717, 1.165) is 18.5 Å². The van der Waals surface area contributed by atoms with Crippen molar-refractivity contribution in [3.05, 3.63) is 35.9 Å². The molecule has 0 unspecified atom stereocenters. The smallest absolute Gasteiger partial charge is 0.407 e. The van der Waals surface area contributed by atoms with Crippen LogP contribution in [0.25, 0.3) is 0 Å². The normalized spacial score (nSPS) is 26.1. The van der Waals surface area contributed by atoms with Crippen molar-refractivity contribution in [3.8, 4) is 0 Å². The number of amides is 1. The molecule has 1 N–H and O–H groups in total. The Hall–Kier alpha value is -1.55. The number of ether oxygens (including phenoxy) is 1. The van der Waals surface area contributed by atoms with Gasteiger partial charge in [-0.15, -0.1) is 0 Å². The van der Waals surface area contributed by atoms with Crippen LogP contribution in [0.15, 0.2) is 30.3 Å². The van der Waals surface area contributed by atoms with Crippen LogP contribution in [-0.4, -0.2) is 36.2 Å². The first-order valence-corrected chi connectivity index (χ1v) is 7.04. The maximum absolute atomic E-state index is 11.8. The Labute approximate surface area is 113 Å². The second kappa shape index (κ2) is 5.61. The van der Waals surface area contributed by atoms with Crippen molar-refractivity contribution in [2.24, 2.45) is 0 Å². The number of benzene rings is 1. The summed E-state index contributed by atoms with van der Waals surface area (Å²) in [5, 5.41) is 3.02. The number of hydrogen-bond acceptors (Lipinski definition) is 3. The Kier molecular flexibility index (Phi) is 3.69. The van der Waals surface area contributed by atoms with E-state index in [9.17, 15) is 4.79 Å². The summed E-state index contributed by atoms with van der Waals surface area (Å²) in [6, 6.07) is 10.6. The van der Waals surface area contributed by atoms with Gasteiger partial charge in [0.25, 0.3) is 0 Å². The van der Waals surface area contributed by atoms with Crippen molar-refractivity contribution < 1.29 is 9.53 Å². The van der Waals surface area contributed by atoms with Gasteiger partial charge in [0, 0.05) is 18.6 Å². The highest BCUT2D eigenvalue weighted by molar-refractivity contribution is 5.67. The van der Waals surface area contributed by atoms with Gasteiger partial charge in [0.1, 0.15) is 6.61 Å². The van der Waals surface area contributed by atoms with Crippen LogP contribution >= 0.6 is 0 Å². The minimum atomic E-state index is -0.289. The Balaban J connectivity index is 1.46. The highest BCUT2D eigenvalue weighted by atomic mass is 16.5. The van der Waals surface area contributed by atoms with Crippen LogP contribution in [0.2, 0.25) is 0 Å². The van der Waals surface area contributed by atoms with Crippen molar-refractivity contribution in [1.82, 2.24) is 10.2 Å². The first kappa shape index (κ1) is 12.5. The maximum Gasteiger partial charge on any atom is 0.407 e. The van der Waals surface area contributed by atoms with Crippen molar-refractivity contribution in [2.45, 2.75) is 38.0 Å². The van der Waals surface area contributed by atoms with E-state index in [1.807, 2.05) is 30.3 Å². The molecule has 1 aromatic carbocycles. The third-order valence-corrected chi connectivity index (χ3v) is 4.12. The van der Waals surface area contributed by atoms with Gasteiger partial charge >= 0.3 is 6.09 Å². The summed E-state index contributed by atoms with van der Waals surface area (Å²) >= 11 is 0. The predicted molar refractivity (Wildman–Crippen MR) is 72.8 cm³/mol. The molecule has 2 aliphatic rings. The van der Waals surface area contributed by atoms with E-state index in [-0.39, 0.29) is 12.1 Å². The van der Waals surface area contributed by atoms with Gasteiger partial charge in [-0.1, -0.05) is 30.3 Å².